The van der Waals surface area contributed by atoms with Gasteiger partial charge < -0.3 is 29.4 Å². The van der Waals surface area contributed by atoms with Gasteiger partial charge in [0.1, 0.15) is 6.04 Å². The summed E-state index contributed by atoms with van der Waals surface area (Å²) >= 11 is 0. The number of aliphatic hydroxyl groups is 1. The van der Waals surface area contributed by atoms with Gasteiger partial charge in [0.15, 0.2) is 6.29 Å². The van der Waals surface area contributed by atoms with Crippen molar-refractivity contribution in [2.75, 3.05) is 11.9 Å². The largest absolute Gasteiger partial charge is 0.471 e. The number of anilines is 1. The average molecular weight is 609 g/mol. The first-order valence-corrected chi connectivity index (χ1v) is 14.4. The molecule has 0 radical (unpaired) electrons. The van der Waals surface area contributed by atoms with Crippen molar-refractivity contribution in [3.05, 3.63) is 95.8 Å². The fraction of sp³-hybridized carbons (Fsp3) is 0.344. The minimum atomic E-state index is -5.04. The first kappa shape index (κ1) is 29.8. The number of fused-ring (bicyclic) bond motifs is 1. The number of amides is 2. The second kappa shape index (κ2) is 12.4. The van der Waals surface area contributed by atoms with E-state index in [9.17, 15) is 27.9 Å². The molecule has 0 spiro atoms. The topological polar surface area (TPSA) is 106 Å². The molecule has 9 nitrogen and oxygen atoms in total. The van der Waals surface area contributed by atoms with Gasteiger partial charge in [0.25, 0.3) is 0 Å². The monoisotopic (exact) mass is 608 g/mol. The lowest BCUT2D eigenvalue weighted by atomic mass is 10.00. The van der Waals surface area contributed by atoms with Crippen LogP contribution in [0, 0.1) is 0 Å². The fourth-order valence-electron chi connectivity index (χ4n) is 5.80. The minimum Gasteiger partial charge on any atom is -0.392 e. The van der Waals surface area contributed by atoms with Crippen molar-refractivity contribution in [2.45, 2.75) is 63.1 Å². The number of benzene rings is 3. The highest BCUT2D eigenvalue weighted by Crippen LogP contribution is 2.39. The van der Waals surface area contributed by atoms with Crippen LogP contribution in [-0.4, -0.2) is 56.2 Å². The molecular weight excluding hydrogens is 577 g/mol. The maximum atomic E-state index is 13.0. The zero-order chi connectivity index (χ0) is 30.8. The van der Waals surface area contributed by atoms with E-state index >= 15 is 0 Å². The SMILES string of the molecule is O=C(Nc1ccc([C@H]2O[C@@H](Cn3cnc4ccccc43)C[C@@H](c3ccc(CO)cc3)O2)cc1)[C@@H]1CCCN1C(=O)C(F)(F)F. The fourth-order valence-corrected chi connectivity index (χ4v) is 5.80. The predicted molar refractivity (Wildman–Crippen MR) is 154 cm³/mol. The molecule has 6 rings (SSSR count). The molecule has 2 aliphatic heterocycles. The summed E-state index contributed by atoms with van der Waals surface area (Å²) in [5.41, 5.74) is 4.66. The summed E-state index contributed by atoms with van der Waals surface area (Å²) < 4.78 is 53.8. The molecule has 2 amide bonds. The van der Waals surface area contributed by atoms with E-state index in [-0.39, 0.29) is 31.8 Å². The molecule has 2 N–H and O–H groups in total. The molecular formula is C32H31F3N4O5. The number of halogens is 3. The number of para-hydroxylation sites is 2. The number of alkyl halides is 3. The van der Waals surface area contributed by atoms with Crippen molar-refractivity contribution in [1.82, 2.24) is 14.5 Å². The maximum Gasteiger partial charge on any atom is 0.471 e. The van der Waals surface area contributed by atoms with Gasteiger partial charge in [-0.2, -0.15) is 13.2 Å². The van der Waals surface area contributed by atoms with Gasteiger partial charge in [-0.25, -0.2) is 4.98 Å². The number of hydrogen-bond acceptors (Lipinski definition) is 6. The zero-order valence-corrected chi connectivity index (χ0v) is 23.6. The van der Waals surface area contributed by atoms with E-state index in [0.29, 0.717) is 35.5 Å². The van der Waals surface area contributed by atoms with Crippen LogP contribution >= 0.6 is 0 Å². The van der Waals surface area contributed by atoms with E-state index in [1.165, 1.54) is 0 Å². The third-order valence-electron chi connectivity index (χ3n) is 8.05. The molecule has 0 bridgehead atoms. The number of aliphatic hydroxyl groups excluding tert-OH is 1. The van der Waals surface area contributed by atoms with Gasteiger partial charge in [0.05, 0.1) is 42.7 Å². The van der Waals surface area contributed by atoms with Crippen molar-refractivity contribution < 1.29 is 37.3 Å². The van der Waals surface area contributed by atoms with Crippen LogP contribution in [0.2, 0.25) is 0 Å². The molecule has 230 valence electrons. The van der Waals surface area contributed by atoms with Gasteiger partial charge in [-0.3, -0.25) is 9.59 Å². The van der Waals surface area contributed by atoms with E-state index in [0.717, 1.165) is 22.2 Å². The van der Waals surface area contributed by atoms with Crippen LogP contribution in [0.5, 0.6) is 0 Å². The van der Waals surface area contributed by atoms with Gasteiger partial charge in [0, 0.05) is 24.2 Å². The van der Waals surface area contributed by atoms with Crippen molar-refractivity contribution in [3.63, 3.8) is 0 Å². The van der Waals surface area contributed by atoms with Crippen LogP contribution in [0.25, 0.3) is 11.0 Å². The van der Waals surface area contributed by atoms with E-state index < -0.39 is 30.3 Å². The summed E-state index contributed by atoms with van der Waals surface area (Å²) in [5.74, 6) is -2.67. The molecule has 1 aromatic heterocycles. The van der Waals surface area contributed by atoms with Crippen molar-refractivity contribution in [1.29, 1.82) is 0 Å². The molecule has 4 atom stereocenters. The Morgan fingerprint density at radius 3 is 2.43 bits per heavy atom. The van der Waals surface area contributed by atoms with Gasteiger partial charge >= 0.3 is 12.1 Å². The second-order valence-corrected chi connectivity index (χ2v) is 11.0. The number of rotatable bonds is 7. The number of imidazole rings is 1. The zero-order valence-electron chi connectivity index (χ0n) is 23.6. The normalized spacial score (nSPS) is 22.3. The van der Waals surface area contributed by atoms with E-state index in [4.69, 9.17) is 9.47 Å². The molecule has 12 heteroatoms. The van der Waals surface area contributed by atoms with E-state index in [1.807, 2.05) is 53.1 Å². The van der Waals surface area contributed by atoms with Crippen LogP contribution in [-0.2, 0) is 32.2 Å². The lowest BCUT2D eigenvalue weighted by Gasteiger charge is -2.36. The maximum absolute atomic E-state index is 13.0. The Kier molecular flexibility index (Phi) is 8.39. The number of aromatic nitrogens is 2. The summed E-state index contributed by atoms with van der Waals surface area (Å²) in [5, 5.41) is 12.1. The Labute approximate surface area is 251 Å². The standard InChI is InChI=1S/C32H31F3N4O5/c33-32(34,35)31(42)39-15-3-6-27(39)29(41)37-23-13-11-22(12-14-23)30-43-24(17-38-19-36-25-4-1-2-5-26(25)38)16-28(44-30)21-9-7-20(18-40)8-10-21/h1-2,4-5,7-14,19,24,27-28,30,40H,3,6,15-18H2,(H,37,41)/t24-,27+,28+,30+/m1/s1. The molecule has 0 saturated carbocycles. The Morgan fingerprint density at radius 2 is 1.70 bits per heavy atom. The molecule has 3 aromatic carbocycles. The lowest BCUT2D eigenvalue weighted by molar-refractivity contribution is -0.252. The highest BCUT2D eigenvalue weighted by molar-refractivity contribution is 5.98. The summed E-state index contributed by atoms with van der Waals surface area (Å²) in [6.07, 6.45) is -3.50. The van der Waals surface area contributed by atoms with Gasteiger partial charge in [0.2, 0.25) is 5.91 Å². The molecule has 2 saturated heterocycles. The highest BCUT2D eigenvalue weighted by atomic mass is 19.4. The van der Waals surface area contributed by atoms with Crippen molar-refractivity contribution in [3.8, 4) is 0 Å². The molecule has 4 aromatic rings. The molecule has 0 aliphatic carbocycles. The Bertz CT molecular complexity index is 1620. The summed E-state index contributed by atoms with van der Waals surface area (Å²) in [6.45, 7) is 0.355. The van der Waals surface area contributed by atoms with Crippen LogP contribution in [0.1, 0.15) is 48.3 Å². The van der Waals surface area contributed by atoms with Crippen molar-refractivity contribution in [2.24, 2.45) is 0 Å². The third kappa shape index (κ3) is 6.33. The number of nitrogens with zero attached hydrogens (tertiary/aromatic N) is 3. The third-order valence-corrected chi connectivity index (χ3v) is 8.05. The summed E-state index contributed by atoms with van der Waals surface area (Å²) in [6, 6.07) is 20.9. The number of carbonyl (C=O) groups is 2. The minimum absolute atomic E-state index is 0.0613. The first-order valence-electron chi connectivity index (χ1n) is 14.4. The predicted octanol–water partition coefficient (Wildman–Crippen LogP) is 5.27. The molecule has 44 heavy (non-hydrogen) atoms. The molecule has 0 unspecified atom stereocenters. The van der Waals surface area contributed by atoms with Gasteiger partial charge in [-0.1, -0.05) is 48.5 Å². The molecule has 3 heterocycles. The summed E-state index contributed by atoms with van der Waals surface area (Å²) in [7, 11) is 0. The Morgan fingerprint density at radius 1 is 0.977 bits per heavy atom. The van der Waals surface area contributed by atoms with Crippen molar-refractivity contribution >= 4 is 28.5 Å². The quantitative estimate of drug-likeness (QED) is 0.296. The Hall–Kier alpha value is -4.26. The van der Waals surface area contributed by atoms with Crippen LogP contribution in [0.4, 0.5) is 18.9 Å². The molecule has 2 fully saturated rings. The number of nitrogens with one attached hydrogen (secondary N) is 1. The number of carbonyl (C=O) groups excluding carboxylic acids is 2. The van der Waals surface area contributed by atoms with E-state index in [2.05, 4.69) is 10.3 Å². The van der Waals surface area contributed by atoms with Crippen LogP contribution in [0.15, 0.2) is 79.1 Å². The number of hydrogen-bond donors (Lipinski definition) is 2. The smallest absolute Gasteiger partial charge is 0.392 e. The van der Waals surface area contributed by atoms with Gasteiger partial charge in [-0.05, 0) is 48.2 Å². The van der Waals surface area contributed by atoms with E-state index in [1.54, 1.807) is 30.6 Å². The second-order valence-electron chi connectivity index (χ2n) is 11.0. The molecule has 2 aliphatic rings. The number of likely N-dealkylation sites (tertiary alicyclic amines) is 1. The first-order chi connectivity index (χ1) is 21.2. The average Bonchev–Trinajstić information content (AvgIpc) is 3.68. The van der Waals surface area contributed by atoms with Crippen LogP contribution < -0.4 is 5.32 Å². The summed E-state index contributed by atoms with van der Waals surface area (Å²) in [4.78, 5) is 29.7. The van der Waals surface area contributed by atoms with Crippen LogP contribution in [0.3, 0.4) is 0 Å². The highest BCUT2D eigenvalue weighted by Gasteiger charge is 2.47. The lowest BCUT2D eigenvalue weighted by Crippen LogP contribution is -2.48. The Balaban J connectivity index is 1.19. The van der Waals surface area contributed by atoms with Gasteiger partial charge in [-0.15, -0.1) is 0 Å². The number of ether oxygens (including phenoxy) is 2.